The predicted octanol–water partition coefficient (Wildman–Crippen LogP) is 2.29. The first kappa shape index (κ1) is 5.64. The van der Waals surface area contributed by atoms with Gasteiger partial charge in [0.1, 0.15) is 0 Å². The molecule has 0 aliphatic heterocycles. The first-order chi connectivity index (χ1) is 2.96. The van der Waals surface area contributed by atoms with E-state index >= 15 is 0 Å². The van der Waals surface area contributed by atoms with Crippen LogP contribution in [0.3, 0.4) is 0 Å². The van der Waals surface area contributed by atoms with Crippen LogP contribution in [0.4, 0.5) is 4.39 Å². The van der Waals surface area contributed by atoms with Crippen molar-refractivity contribution in [3.63, 3.8) is 0 Å². The van der Waals surface area contributed by atoms with Gasteiger partial charge in [0.25, 0.3) is 0 Å². The molecule has 2 atom stereocenters. The van der Waals surface area contributed by atoms with Crippen molar-refractivity contribution >= 4 is 23.2 Å². The lowest BCUT2D eigenvalue weighted by Gasteiger charge is -1.94. The van der Waals surface area contributed by atoms with Crippen molar-refractivity contribution in [2.45, 2.75) is 23.3 Å². The number of alkyl halides is 3. The van der Waals surface area contributed by atoms with E-state index in [4.69, 9.17) is 23.2 Å². The fourth-order valence-corrected chi connectivity index (χ4v) is 0.893. The van der Waals surface area contributed by atoms with E-state index in [1.165, 1.54) is 0 Å². The van der Waals surface area contributed by atoms with Crippen molar-refractivity contribution < 1.29 is 4.39 Å². The Bertz CT molecular complexity index is 85.9. The zero-order chi connectivity index (χ0) is 5.71. The Hall–Kier alpha value is 0.510. The average molecular weight is 143 g/mol. The highest BCUT2D eigenvalue weighted by atomic mass is 35.5. The molecule has 1 fully saturated rings. The average Bonchev–Trinajstić information content (AvgIpc) is 1.63. The second kappa shape index (κ2) is 1.08. The van der Waals surface area contributed by atoms with Crippen LogP contribution in [-0.2, 0) is 0 Å². The van der Waals surface area contributed by atoms with E-state index in [0.717, 1.165) is 0 Å². The molecule has 1 aliphatic carbocycles. The van der Waals surface area contributed by atoms with Gasteiger partial charge in [-0.15, -0.1) is 11.6 Å². The van der Waals surface area contributed by atoms with E-state index in [9.17, 15) is 4.39 Å². The standard InChI is InChI=1S/C4H5Cl2F/c1-3(5)2-4(3,6)7/h2H2,1H3. The molecule has 0 bridgehead atoms. The highest BCUT2D eigenvalue weighted by Crippen LogP contribution is 2.58. The van der Waals surface area contributed by atoms with Gasteiger partial charge < -0.3 is 0 Å². The third kappa shape index (κ3) is 0.725. The summed E-state index contributed by atoms with van der Waals surface area (Å²) in [7, 11) is 0. The second-order valence-corrected chi connectivity index (χ2v) is 3.51. The summed E-state index contributed by atoms with van der Waals surface area (Å²) in [5.74, 6) is 0. The van der Waals surface area contributed by atoms with Crippen molar-refractivity contribution in [1.82, 2.24) is 0 Å². The van der Waals surface area contributed by atoms with Gasteiger partial charge in [-0.25, -0.2) is 4.39 Å². The minimum absolute atomic E-state index is 0.267. The molecule has 1 aliphatic rings. The van der Waals surface area contributed by atoms with Gasteiger partial charge in [-0.2, -0.15) is 0 Å². The SMILES string of the molecule is CC1(Cl)CC1(F)Cl. The minimum atomic E-state index is -1.62. The molecule has 0 saturated heterocycles. The Morgan fingerprint density at radius 3 is 1.71 bits per heavy atom. The zero-order valence-electron chi connectivity index (χ0n) is 3.84. The summed E-state index contributed by atoms with van der Waals surface area (Å²) in [6, 6.07) is 0. The third-order valence-corrected chi connectivity index (χ3v) is 2.27. The fraction of sp³-hybridized carbons (Fsp3) is 1.00. The van der Waals surface area contributed by atoms with E-state index in [2.05, 4.69) is 0 Å². The van der Waals surface area contributed by atoms with E-state index in [0.29, 0.717) is 0 Å². The Balaban J connectivity index is 2.59. The second-order valence-electron chi connectivity index (χ2n) is 2.08. The minimum Gasteiger partial charge on any atom is -0.224 e. The van der Waals surface area contributed by atoms with Gasteiger partial charge in [0.15, 0.2) is 0 Å². The number of hydrogen-bond donors (Lipinski definition) is 0. The molecular formula is C4H5Cl2F. The van der Waals surface area contributed by atoms with E-state index in [1.807, 2.05) is 0 Å². The van der Waals surface area contributed by atoms with Crippen LogP contribution in [0.25, 0.3) is 0 Å². The van der Waals surface area contributed by atoms with Crippen LogP contribution in [0.5, 0.6) is 0 Å². The summed E-state index contributed by atoms with van der Waals surface area (Å²) in [5.41, 5.74) is 0. The first-order valence-electron chi connectivity index (χ1n) is 2.02. The quantitative estimate of drug-likeness (QED) is 0.456. The highest BCUT2D eigenvalue weighted by Gasteiger charge is 2.64. The maximum atomic E-state index is 12.2. The molecule has 0 heterocycles. The van der Waals surface area contributed by atoms with Crippen molar-refractivity contribution in [3.8, 4) is 0 Å². The summed E-state index contributed by atoms with van der Waals surface area (Å²) in [4.78, 5) is -0.783. The lowest BCUT2D eigenvalue weighted by Crippen LogP contribution is -2.01. The largest absolute Gasteiger partial charge is 0.224 e. The van der Waals surface area contributed by atoms with Gasteiger partial charge in [-0.05, 0) is 6.92 Å². The third-order valence-electron chi connectivity index (χ3n) is 1.19. The molecular weight excluding hydrogens is 138 g/mol. The summed E-state index contributed by atoms with van der Waals surface area (Å²) in [5, 5.41) is -1.62. The molecule has 0 aromatic heterocycles. The molecule has 0 radical (unpaired) electrons. The first-order valence-corrected chi connectivity index (χ1v) is 2.78. The molecule has 0 aromatic carbocycles. The lowest BCUT2D eigenvalue weighted by atomic mass is 10.5. The van der Waals surface area contributed by atoms with Crippen LogP contribution in [-0.4, -0.2) is 10.0 Å². The number of halogens is 3. The van der Waals surface area contributed by atoms with Crippen LogP contribution in [0, 0.1) is 0 Å². The normalized spacial score (nSPS) is 60.0. The van der Waals surface area contributed by atoms with Gasteiger partial charge >= 0.3 is 0 Å². The van der Waals surface area contributed by atoms with Crippen molar-refractivity contribution in [1.29, 1.82) is 0 Å². The molecule has 1 saturated carbocycles. The Kier molecular flexibility index (Phi) is 0.873. The van der Waals surface area contributed by atoms with Crippen LogP contribution in [0.2, 0.25) is 0 Å². The molecule has 0 aromatic rings. The number of rotatable bonds is 0. The highest BCUT2D eigenvalue weighted by molar-refractivity contribution is 6.38. The van der Waals surface area contributed by atoms with Crippen molar-refractivity contribution in [2.75, 3.05) is 0 Å². The van der Waals surface area contributed by atoms with Gasteiger partial charge in [0.05, 0.1) is 4.87 Å². The maximum Gasteiger partial charge on any atom is 0.204 e. The molecule has 3 heteroatoms. The Morgan fingerprint density at radius 1 is 1.57 bits per heavy atom. The molecule has 7 heavy (non-hydrogen) atoms. The zero-order valence-corrected chi connectivity index (χ0v) is 5.35. The van der Waals surface area contributed by atoms with E-state index in [1.54, 1.807) is 6.92 Å². The number of hydrogen-bond acceptors (Lipinski definition) is 0. The van der Waals surface area contributed by atoms with Crippen molar-refractivity contribution in [2.24, 2.45) is 0 Å². The Labute approximate surface area is 51.6 Å². The smallest absolute Gasteiger partial charge is 0.204 e. The molecule has 0 spiro atoms. The summed E-state index contributed by atoms with van der Waals surface area (Å²) in [6.45, 7) is 1.58. The fourth-order valence-electron chi connectivity index (χ4n) is 0.373. The predicted molar refractivity (Wildman–Crippen MR) is 28.6 cm³/mol. The van der Waals surface area contributed by atoms with Gasteiger partial charge in [0.2, 0.25) is 5.13 Å². The van der Waals surface area contributed by atoms with E-state index in [-0.39, 0.29) is 6.42 Å². The lowest BCUT2D eigenvalue weighted by molar-refractivity contribution is 0.410. The van der Waals surface area contributed by atoms with Gasteiger partial charge in [0, 0.05) is 6.42 Å². The molecule has 2 unspecified atom stereocenters. The van der Waals surface area contributed by atoms with Crippen LogP contribution in [0.1, 0.15) is 13.3 Å². The maximum absolute atomic E-state index is 12.2. The molecule has 1 rings (SSSR count). The summed E-state index contributed by atoms with van der Waals surface area (Å²) >= 11 is 10.6. The monoisotopic (exact) mass is 142 g/mol. The summed E-state index contributed by atoms with van der Waals surface area (Å²) < 4.78 is 12.2. The molecule has 0 N–H and O–H groups in total. The molecule has 0 nitrogen and oxygen atoms in total. The summed E-state index contributed by atoms with van der Waals surface area (Å²) in [6.07, 6.45) is 0.267. The Morgan fingerprint density at radius 2 is 1.71 bits per heavy atom. The van der Waals surface area contributed by atoms with Gasteiger partial charge in [-0.3, -0.25) is 0 Å². The molecule has 0 amide bonds. The molecule has 42 valence electrons. The van der Waals surface area contributed by atoms with Gasteiger partial charge in [-0.1, -0.05) is 11.6 Å². The topological polar surface area (TPSA) is 0 Å². The van der Waals surface area contributed by atoms with Crippen LogP contribution in [0.15, 0.2) is 0 Å². The van der Waals surface area contributed by atoms with E-state index < -0.39 is 10.0 Å². The van der Waals surface area contributed by atoms with Crippen molar-refractivity contribution in [3.05, 3.63) is 0 Å². The van der Waals surface area contributed by atoms with Crippen LogP contribution < -0.4 is 0 Å². The van der Waals surface area contributed by atoms with Crippen LogP contribution >= 0.6 is 23.2 Å².